The maximum atomic E-state index is 11.2. The number of nitrogens with zero attached hydrogens (tertiary/aromatic N) is 2. The van der Waals surface area contributed by atoms with Crippen LogP contribution in [-0.2, 0) is 13.0 Å². The molecule has 0 aromatic carbocycles. The lowest BCUT2D eigenvalue weighted by molar-refractivity contribution is 0.0677. The zero-order chi connectivity index (χ0) is 11.8. The van der Waals surface area contributed by atoms with Crippen molar-refractivity contribution in [3.63, 3.8) is 0 Å². The maximum Gasteiger partial charge on any atom is 0.372 e. The maximum absolute atomic E-state index is 11.2. The first-order valence-electron chi connectivity index (χ1n) is 5.74. The van der Waals surface area contributed by atoms with Crippen molar-refractivity contribution in [2.45, 2.75) is 25.8 Å². The van der Waals surface area contributed by atoms with Crippen LogP contribution < -0.4 is 0 Å². The van der Waals surface area contributed by atoms with Crippen LogP contribution in [0.2, 0.25) is 0 Å². The highest BCUT2D eigenvalue weighted by Gasteiger charge is 2.24. The first kappa shape index (κ1) is 10.1. The number of rotatable bonds is 2. The van der Waals surface area contributed by atoms with Gasteiger partial charge < -0.3 is 14.7 Å². The molecule has 0 spiro atoms. The van der Waals surface area contributed by atoms with Gasteiger partial charge in [-0.15, -0.1) is 0 Å². The summed E-state index contributed by atoms with van der Waals surface area (Å²) < 4.78 is 1.84. The molecule has 1 aliphatic rings. The first-order valence-corrected chi connectivity index (χ1v) is 5.74. The molecule has 5 heteroatoms. The van der Waals surface area contributed by atoms with E-state index in [1.165, 1.54) is 0 Å². The molecule has 0 bridgehead atoms. The topological polar surface area (TPSA) is 70.9 Å². The molecular formula is C12H13N3O2. The second-order valence-electron chi connectivity index (χ2n) is 4.23. The molecule has 0 radical (unpaired) electrons. The van der Waals surface area contributed by atoms with Gasteiger partial charge in [0, 0.05) is 18.4 Å². The Balaban J connectivity index is 2.19. The Morgan fingerprint density at radius 3 is 3.06 bits per heavy atom. The van der Waals surface area contributed by atoms with E-state index in [1.54, 1.807) is 0 Å². The lowest BCUT2D eigenvalue weighted by atomic mass is 10.1. The zero-order valence-electron chi connectivity index (χ0n) is 9.31. The van der Waals surface area contributed by atoms with Crippen LogP contribution in [0, 0.1) is 0 Å². The Morgan fingerprint density at radius 1 is 1.47 bits per heavy atom. The number of hydrogen-bond donors (Lipinski definition) is 2. The summed E-state index contributed by atoms with van der Waals surface area (Å²) in [6.07, 6.45) is 4.84. The molecule has 17 heavy (non-hydrogen) atoms. The molecule has 0 aliphatic carbocycles. The SMILES string of the molecule is O=C(O)c1nc(-c2ccc[nH]2)c2n1CCCC2. The van der Waals surface area contributed by atoms with Crippen LogP contribution in [0.1, 0.15) is 29.2 Å². The zero-order valence-corrected chi connectivity index (χ0v) is 9.31. The number of carboxylic acid groups (broad SMARTS) is 1. The Bertz CT molecular complexity index is 555. The van der Waals surface area contributed by atoms with Crippen molar-refractivity contribution in [1.82, 2.24) is 14.5 Å². The van der Waals surface area contributed by atoms with E-state index in [4.69, 9.17) is 5.11 Å². The normalized spacial score (nSPS) is 14.6. The highest BCUT2D eigenvalue weighted by Crippen LogP contribution is 2.27. The number of H-pyrrole nitrogens is 1. The lowest BCUT2D eigenvalue weighted by Gasteiger charge is -2.15. The van der Waals surface area contributed by atoms with Gasteiger partial charge in [-0.1, -0.05) is 0 Å². The highest BCUT2D eigenvalue weighted by atomic mass is 16.4. The van der Waals surface area contributed by atoms with Crippen molar-refractivity contribution in [2.24, 2.45) is 0 Å². The third kappa shape index (κ3) is 1.54. The van der Waals surface area contributed by atoms with Crippen molar-refractivity contribution in [2.75, 3.05) is 0 Å². The molecule has 88 valence electrons. The fourth-order valence-corrected chi connectivity index (χ4v) is 2.40. The van der Waals surface area contributed by atoms with Gasteiger partial charge in [0.15, 0.2) is 0 Å². The van der Waals surface area contributed by atoms with Crippen LogP contribution in [0.25, 0.3) is 11.4 Å². The van der Waals surface area contributed by atoms with Gasteiger partial charge in [-0.05, 0) is 31.4 Å². The van der Waals surface area contributed by atoms with Gasteiger partial charge in [-0.3, -0.25) is 0 Å². The summed E-state index contributed by atoms with van der Waals surface area (Å²) in [5, 5.41) is 9.16. The minimum Gasteiger partial charge on any atom is -0.475 e. The smallest absolute Gasteiger partial charge is 0.372 e. The van der Waals surface area contributed by atoms with Crippen molar-refractivity contribution in [3.05, 3.63) is 29.8 Å². The third-order valence-electron chi connectivity index (χ3n) is 3.16. The monoisotopic (exact) mass is 231 g/mol. The van der Waals surface area contributed by atoms with Crippen LogP contribution in [-0.4, -0.2) is 25.6 Å². The fraction of sp³-hybridized carbons (Fsp3) is 0.333. The number of carbonyl (C=O) groups is 1. The molecule has 5 nitrogen and oxygen atoms in total. The summed E-state index contributed by atoms with van der Waals surface area (Å²) in [6.45, 7) is 0.755. The number of nitrogens with one attached hydrogen (secondary N) is 1. The minimum atomic E-state index is -0.953. The van der Waals surface area contributed by atoms with E-state index in [0.29, 0.717) is 0 Å². The third-order valence-corrected chi connectivity index (χ3v) is 3.16. The average Bonchev–Trinajstić information content (AvgIpc) is 2.95. The number of aromatic carboxylic acids is 1. The summed E-state index contributed by atoms with van der Waals surface area (Å²) in [5.41, 5.74) is 2.71. The molecule has 0 fully saturated rings. The molecule has 2 N–H and O–H groups in total. The van der Waals surface area contributed by atoms with Gasteiger partial charge in [0.1, 0.15) is 5.69 Å². The molecule has 1 aliphatic heterocycles. The molecule has 0 unspecified atom stereocenters. The Morgan fingerprint density at radius 2 is 2.35 bits per heavy atom. The number of aromatic amines is 1. The van der Waals surface area contributed by atoms with Gasteiger partial charge in [-0.2, -0.15) is 0 Å². The summed E-state index contributed by atoms with van der Waals surface area (Å²) >= 11 is 0. The average molecular weight is 231 g/mol. The Hall–Kier alpha value is -2.04. The predicted octanol–water partition coefficient (Wildman–Crippen LogP) is 1.91. The molecule has 0 saturated heterocycles. The summed E-state index contributed by atoms with van der Waals surface area (Å²) in [4.78, 5) is 18.5. The molecule has 0 atom stereocenters. The summed E-state index contributed by atoms with van der Waals surface area (Å²) in [6, 6.07) is 3.81. The molecule has 3 heterocycles. The highest BCUT2D eigenvalue weighted by molar-refractivity contribution is 5.85. The van der Waals surface area contributed by atoms with E-state index in [2.05, 4.69) is 9.97 Å². The molecule has 2 aromatic rings. The van der Waals surface area contributed by atoms with Crippen LogP contribution >= 0.6 is 0 Å². The van der Waals surface area contributed by atoms with E-state index < -0.39 is 5.97 Å². The molecule has 0 saturated carbocycles. The fourth-order valence-electron chi connectivity index (χ4n) is 2.40. The molecule has 2 aromatic heterocycles. The van der Waals surface area contributed by atoms with E-state index in [0.717, 1.165) is 42.9 Å². The van der Waals surface area contributed by atoms with E-state index in [-0.39, 0.29) is 5.82 Å². The summed E-state index contributed by atoms with van der Waals surface area (Å²) in [5.74, 6) is -0.796. The van der Waals surface area contributed by atoms with Crippen molar-refractivity contribution < 1.29 is 9.90 Å². The number of aromatic nitrogens is 3. The van der Waals surface area contributed by atoms with E-state index in [1.807, 2.05) is 22.9 Å². The number of fused-ring (bicyclic) bond motifs is 1. The Kier molecular flexibility index (Phi) is 2.24. The van der Waals surface area contributed by atoms with Crippen LogP contribution in [0.15, 0.2) is 18.3 Å². The summed E-state index contributed by atoms with van der Waals surface area (Å²) in [7, 11) is 0. The van der Waals surface area contributed by atoms with Crippen LogP contribution in [0.5, 0.6) is 0 Å². The van der Waals surface area contributed by atoms with Crippen molar-refractivity contribution in [1.29, 1.82) is 0 Å². The van der Waals surface area contributed by atoms with Crippen molar-refractivity contribution in [3.8, 4) is 11.4 Å². The molecule has 0 amide bonds. The van der Waals surface area contributed by atoms with Gasteiger partial charge in [-0.25, -0.2) is 9.78 Å². The predicted molar refractivity (Wildman–Crippen MR) is 61.9 cm³/mol. The second kappa shape index (κ2) is 3.76. The number of carboxylic acids is 1. The quantitative estimate of drug-likeness (QED) is 0.829. The number of imidazole rings is 1. The Labute approximate surface area is 98.1 Å². The second-order valence-corrected chi connectivity index (χ2v) is 4.23. The lowest BCUT2D eigenvalue weighted by Crippen LogP contribution is -2.16. The molecule has 3 rings (SSSR count). The van der Waals surface area contributed by atoms with Gasteiger partial charge in [0.2, 0.25) is 5.82 Å². The van der Waals surface area contributed by atoms with Crippen molar-refractivity contribution >= 4 is 5.97 Å². The minimum absolute atomic E-state index is 0.157. The van der Waals surface area contributed by atoms with Gasteiger partial charge >= 0.3 is 5.97 Å². The van der Waals surface area contributed by atoms with Gasteiger partial charge in [0.05, 0.1) is 5.69 Å². The van der Waals surface area contributed by atoms with E-state index in [9.17, 15) is 4.79 Å². The van der Waals surface area contributed by atoms with E-state index >= 15 is 0 Å². The largest absolute Gasteiger partial charge is 0.475 e. The first-order chi connectivity index (χ1) is 8.27. The standard InChI is InChI=1S/C12H13N3O2/c16-12(17)11-14-10(8-4-3-6-13-8)9-5-1-2-7-15(9)11/h3-4,6,13H,1-2,5,7H2,(H,16,17). The molecular weight excluding hydrogens is 218 g/mol. The van der Waals surface area contributed by atoms with Gasteiger partial charge in [0.25, 0.3) is 0 Å². The van der Waals surface area contributed by atoms with Crippen LogP contribution in [0.4, 0.5) is 0 Å². The number of hydrogen-bond acceptors (Lipinski definition) is 2. The van der Waals surface area contributed by atoms with Crippen LogP contribution in [0.3, 0.4) is 0 Å².